The molecule has 1 atom stereocenters. The van der Waals surface area contributed by atoms with Crippen molar-refractivity contribution < 1.29 is 22.4 Å². The highest BCUT2D eigenvalue weighted by molar-refractivity contribution is 7.89. The summed E-state index contributed by atoms with van der Waals surface area (Å²) in [5.41, 5.74) is 0. The summed E-state index contributed by atoms with van der Waals surface area (Å²) in [6.45, 7) is 4.57. The first-order valence-corrected chi connectivity index (χ1v) is 11.5. The number of carbonyl (C=O) groups excluding carboxylic acids is 1. The van der Waals surface area contributed by atoms with Crippen molar-refractivity contribution in [2.24, 2.45) is 0 Å². The van der Waals surface area contributed by atoms with E-state index in [0.717, 1.165) is 28.9 Å². The highest BCUT2D eigenvalue weighted by atomic mass is 35.5. The maximum absolute atomic E-state index is 12.7. The number of amides is 1. The van der Waals surface area contributed by atoms with Crippen molar-refractivity contribution in [3.63, 3.8) is 0 Å². The lowest BCUT2D eigenvalue weighted by molar-refractivity contribution is -0.121. The molecule has 0 saturated carbocycles. The van der Waals surface area contributed by atoms with Crippen LogP contribution in [-0.2, 0) is 19.6 Å². The fraction of sp³-hybridized carbons (Fsp3) is 0.450. The average molecular weight is 456 g/mol. The van der Waals surface area contributed by atoms with Crippen LogP contribution in [0.2, 0.25) is 5.02 Å². The standard InChI is InChI=1S/C20H26ClN3O5S/c1-15-3-8-19(29-15)18(24-9-11-28-12-10-24)13-22-20(25)14-23(2)30(26,27)17-6-4-16(21)5-7-17/h3-8,18H,9-14H2,1-2H3,(H,22,25)/t18-/m0/s1. The molecule has 0 aliphatic carbocycles. The Labute approximate surface area is 181 Å². The van der Waals surface area contributed by atoms with E-state index in [4.69, 9.17) is 20.8 Å². The Hall–Kier alpha value is -1.91. The van der Waals surface area contributed by atoms with Crippen molar-refractivity contribution in [1.82, 2.24) is 14.5 Å². The molecule has 30 heavy (non-hydrogen) atoms. The van der Waals surface area contributed by atoms with Gasteiger partial charge in [0.1, 0.15) is 11.5 Å². The van der Waals surface area contributed by atoms with Crippen molar-refractivity contribution in [3.05, 3.63) is 52.9 Å². The van der Waals surface area contributed by atoms with Gasteiger partial charge in [-0.05, 0) is 43.3 Å². The second kappa shape index (κ2) is 9.93. The highest BCUT2D eigenvalue weighted by Crippen LogP contribution is 2.23. The molecule has 0 bridgehead atoms. The van der Waals surface area contributed by atoms with E-state index in [1.165, 1.54) is 31.3 Å². The second-order valence-electron chi connectivity index (χ2n) is 7.13. The molecule has 8 nitrogen and oxygen atoms in total. The lowest BCUT2D eigenvalue weighted by Gasteiger charge is -2.33. The fourth-order valence-electron chi connectivity index (χ4n) is 3.27. The van der Waals surface area contributed by atoms with Gasteiger partial charge in [0.25, 0.3) is 0 Å². The van der Waals surface area contributed by atoms with Gasteiger partial charge in [-0.3, -0.25) is 9.69 Å². The number of likely N-dealkylation sites (N-methyl/N-ethyl adjacent to an activating group) is 1. The Morgan fingerprint density at radius 1 is 1.20 bits per heavy atom. The van der Waals surface area contributed by atoms with E-state index in [0.29, 0.717) is 24.8 Å². The predicted molar refractivity (Wildman–Crippen MR) is 113 cm³/mol. The van der Waals surface area contributed by atoms with Crippen LogP contribution in [0.25, 0.3) is 0 Å². The van der Waals surface area contributed by atoms with E-state index in [9.17, 15) is 13.2 Å². The Morgan fingerprint density at radius 3 is 2.47 bits per heavy atom. The second-order valence-corrected chi connectivity index (χ2v) is 9.61. The number of halogens is 1. The van der Waals surface area contributed by atoms with Crippen LogP contribution in [0.1, 0.15) is 17.6 Å². The Bertz CT molecular complexity index is 955. The third kappa shape index (κ3) is 5.61. The van der Waals surface area contributed by atoms with Crippen molar-refractivity contribution in [2.75, 3.05) is 46.4 Å². The largest absolute Gasteiger partial charge is 0.465 e. The zero-order valence-corrected chi connectivity index (χ0v) is 18.6. The lowest BCUT2D eigenvalue weighted by Crippen LogP contribution is -2.45. The van der Waals surface area contributed by atoms with Gasteiger partial charge in [-0.15, -0.1) is 0 Å². The molecule has 0 radical (unpaired) electrons. The summed E-state index contributed by atoms with van der Waals surface area (Å²) in [7, 11) is -2.42. The van der Waals surface area contributed by atoms with E-state index in [2.05, 4.69) is 10.2 Å². The first kappa shape index (κ1) is 22.8. The average Bonchev–Trinajstić information content (AvgIpc) is 3.15. The number of aryl methyl sites for hydroxylation is 1. The van der Waals surface area contributed by atoms with Gasteiger partial charge in [-0.1, -0.05) is 11.6 Å². The number of morpholine rings is 1. The zero-order chi connectivity index (χ0) is 21.7. The van der Waals surface area contributed by atoms with E-state index in [-0.39, 0.29) is 17.5 Å². The van der Waals surface area contributed by atoms with Crippen LogP contribution in [0.4, 0.5) is 0 Å². The summed E-state index contributed by atoms with van der Waals surface area (Å²) in [6.07, 6.45) is 0. The number of nitrogens with one attached hydrogen (secondary N) is 1. The minimum atomic E-state index is -3.79. The van der Waals surface area contributed by atoms with E-state index >= 15 is 0 Å². The summed E-state index contributed by atoms with van der Waals surface area (Å²) in [6, 6.07) is 9.47. The number of sulfonamides is 1. The maximum atomic E-state index is 12.7. The van der Waals surface area contributed by atoms with E-state index < -0.39 is 15.9 Å². The molecular formula is C20H26ClN3O5S. The molecule has 1 N–H and O–H groups in total. The molecule has 1 aliphatic rings. The number of carbonyl (C=O) groups is 1. The van der Waals surface area contributed by atoms with Gasteiger partial charge in [-0.25, -0.2) is 8.42 Å². The molecule has 1 aromatic carbocycles. The topological polar surface area (TPSA) is 92.1 Å². The SMILES string of the molecule is Cc1ccc([C@H](CNC(=O)CN(C)S(=O)(=O)c2ccc(Cl)cc2)N2CCOCC2)o1. The molecule has 1 aliphatic heterocycles. The fourth-order valence-corrected chi connectivity index (χ4v) is 4.52. The maximum Gasteiger partial charge on any atom is 0.243 e. The summed E-state index contributed by atoms with van der Waals surface area (Å²) in [4.78, 5) is 14.8. The third-order valence-corrected chi connectivity index (χ3v) is 7.03. The van der Waals surface area contributed by atoms with E-state index in [1.54, 1.807) is 0 Å². The Morgan fingerprint density at radius 2 is 1.87 bits per heavy atom. The molecular weight excluding hydrogens is 430 g/mol. The summed E-state index contributed by atoms with van der Waals surface area (Å²) in [5.74, 6) is 1.16. The quantitative estimate of drug-likeness (QED) is 0.655. The monoisotopic (exact) mass is 455 g/mol. The van der Waals surface area contributed by atoms with Gasteiger partial charge in [0.15, 0.2) is 0 Å². The van der Waals surface area contributed by atoms with Gasteiger partial charge < -0.3 is 14.5 Å². The van der Waals surface area contributed by atoms with Crippen LogP contribution in [0.5, 0.6) is 0 Å². The minimum Gasteiger partial charge on any atom is -0.465 e. The minimum absolute atomic E-state index is 0.0828. The molecule has 164 valence electrons. The van der Waals surface area contributed by atoms with Gasteiger partial charge in [0.2, 0.25) is 15.9 Å². The van der Waals surface area contributed by atoms with Crippen LogP contribution in [0, 0.1) is 6.92 Å². The van der Waals surface area contributed by atoms with Gasteiger partial charge in [0.05, 0.1) is 30.7 Å². The van der Waals surface area contributed by atoms with Crippen molar-refractivity contribution in [2.45, 2.75) is 17.9 Å². The van der Waals surface area contributed by atoms with Crippen molar-refractivity contribution in [1.29, 1.82) is 0 Å². The molecule has 1 aromatic heterocycles. The number of rotatable bonds is 8. The summed E-state index contributed by atoms with van der Waals surface area (Å²) >= 11 is 5.82. The van der Waals surface area contributed by atoms with Gasteiger partial charge in [-0.2, -0.15) is 4.31 Å². The molecule has 1 amide bonds. The predicted octanol–water partition coefficient (Wildman–Crippen LogP) is 2.05. The first-order chi connectivity index (χ1) is 14.3. The van der Waals surface area contributed by atoms with E-state index in [1.807, 2.05) is 19.1 Å². The number of nitrogens with zero attached hydrogens (tertiary/aromatic N) is 2. The first-order valence-electron chi connectivity index (χ1n) is 9.64. The van der Waals surface area contributed by atoms with Crippen LogP contribution < -0.4 is 5.32 Å². The summed E-state index contributed by atoms with van der Waals surface area (Å²) < 4.78 is 37.5. The van der Waals surface area contributed by atoms with Crippen molar-refractivity contribution in [3.8, 4) is 0 Å². The number of furan rings is 1. The normalized spacial score (nSPS) is 16.5. The smallest absolute Gasteiger partial charge is 0.243 e. The van der Waals surface area contributed by atoms with Crippen molar-refractivity contribution >= 4 is 27.5 Å². The van der Waals surface area contributed by atoms with Crippen LogP contribution >= 0.6 is 11.6 Å². The number of benzene rings is 1. The molecule has 3 rings (SSSR count). The molecule has 1 fully saturated rings. The Balaban J connectivity index is 1.62. The number of hydrogen-bond donors (Lipinski definition) is 1. The number of ether oxygens (including phenoxy) is 1. The Kier molecular flexibility index (Phi) is 7.54. The van der Waals surface area contributed by atoms with Gasteiger partial charge in [0, 0.05) is 31.7 Å². The lowest BCUT2D eigenvalue weighted by atomic mass is 10.1. The molecule has 1 saturated heterocycles. The molecule has 0 spiro atoms. The van der Waals surface area contributed by atoms with Crippen LogP contribution in [0.3, 0.4) is 0 Å². The van der Waals surface area contributed by atoms with Crippen LogP contribution in [-0.4, -0.2) is 70.0 Å². The third-order valence-electron chi connectivity index (χ3n) is 4.96. The highest BCUT2D eigenvalue weighted by Gasteiger charge is 2.27. The molecule has 10 heteroatoms. The molecule has 2 heterocycles. The number of hydrogen-bond acceptors (Lipinski definition) is 6. The van der Waals surface area contributed by atoms with Gasteiger partial charge >= 0.3 is 0 Å². The zero-order valence-electron chi connectivity index (χ0n) is 17.0. The molecule has 0 unspecified atom stereocenters. The summed E-state index contributed by atoms with van der Waals surface area (Å²) in [5, 5.41) is 3.28. The van der Waals surface area contributed by atoms with Crippen LogP contribution in [0.15, 0.2) is 45.7 Å². The molecule has 2 aromatic rings.